The molecule has 1 aromatic rings. The third-order valence-corrected chi connectivity index (χ3v) is 3.31. The van der Waals surface area contributed by atoms with Gasteiger partial charge in [0.15, 0.2) is 0 Å². The Kier molecular flexibility index (Phi) is 5.61. The molecule has 1 unspecified atom stereocenters. The number of aryl methyl sites for hydroxylation is 1. The molecule has 4 nitrogen and oxygen atoms in total. The van der Waals surface area contributed by atoms with E-state index in [1.54, 1.807) is 13.2 Å². The van der Waals surface area contributed by atoms with E-state index < -0.39 is 12.0 Å². The first-order valence-electron chi connectivity index (χ1n) is 5.27. The first-order chi connectivity index (χ1) is 8.06. The van der Waals surface area contributed by atoms with Gasteiger partial charge in [-0.15, -0.1) is 0 Å². The fourth-order valence-corrected chi connectivity index (χ4v) is 1.75. The Labute approximate surface area is 109 Å². The van der Waals surface area contributed by atoms with E-state index in [9.17, 15) is 9.90 Å². The second-order valence-corrected chi connectivity index (χ2v) is 4.58. The molecule has 1 atom stereocenters. The monoisotopic (exact) mass is 301 g/mol. The molecule has 0 aliphatic heterocycles. The van der Waals surface area contributed by atoms with E-state index in [1.807, 2.05) is 19.1 Å². The molecule has 1 aromatic carbocycles. The minimum absolute atomic E-state index is 0.485. The molecule has 5 heteroatoms. The van der Waals surface area contributed by atoms with Gasteiger partial charge in [-0.25, -0.2) is 0 Å². The Bertz CT molecular complexity index is 395. The van der Waals surface area contributed by atoms with Gasteiger partial charge < -0.3 is 9.84 Å². The number of ether oxygens (including phenoxy) is 1. The molecule has 2 N–H and O–H groups in total. The first-order valence-corrected chi connectivity index (χ1v) is 6.06. The predicted octanol–water partition coefficient (Wildman–Crippen LogP) is 2.12. The highest BCUT2D eigenvalue weighted by Crippen LogP contribution is 2.21. The zero-order valence-corrected chi connectivity index (χ0v) is 11.5. The summed E-state index contributed by atoms with van der Waals surface area (Å²) in [4.78, 5) is 11.2. The van der Waals surface area contributed by atoms with Crippen molar-refractivity contribution in [1.29, 1.82) is 0 Å². The smallest absolute Gasteiger partial charge is 0.325 e. The van der Waals surface area contributed by atoms with Gasteiger partial charge in [0.25, 0.3) is 0 Å². The maximum absolute atomic E-state index is 11.2. The first kappa shape index (κ1) is 14.2. The zero-order chi connectivity index (χ0) is 12.8. The van der Waals surface area contributed by atoms with Crippen LogP contribution in [0.1, 0.15) is 17.2 Å². The van der Waals surface area contributed by atoms with Crippen LogP contribution >= 0.6 is 15.9 Å². The normalized spacial score (nSPS) is 12.4. The van der Waals surface area contributed by atoms with E-state index in [4.69, 9.17) is 4.74 Å². The average Bonchev–Trinajstić information content (AvgIpc) is 2.28. The summed E-state index contributed by atoms with van der Waals surface area (Å²) in [5.74, 6) is -0.886. The van der Waals surface area contributed by atoms with E-state index in [1.165, 1.54) is 0 Å². The molecule has 0 heterocycles. The van der Waals surface area contributed by atoms with E-state index in [-0.39, 0.29) is 0 Å². The fraction of sp³-hybridized carbons (Fsp3) is 0.417. The van der Waals surface area contributed by atoms with E-state index in [0.29, 0.717) is 13.2 Å². The van der Waals surface area contributed by atoms with Crippen LogP contribution in [0.5, 0.6) is 0 Å². The lowest BCUT2D eigenvalue weighted by molar-refractivity contribution is -0.139. The van der Waals surface area contributed by atoms with Crippen molar-refractivity contribution < 1.29 is 14.6 Å². The van der Waals surface area contributed by atoms with Crippen molar-refractivity contribution in [2.24, 2.45) is 0 Å². The zero-order valence-electron chi connectivity index (χ0n) is 9.87. The number of hydrogen-bond donors (Lipinski definition) is 2. The summed E-state index contributed by atoms with van der Waals surface area (Å²) in [7, 11) is 1.58. The van der Waals surface area contributed by atoms with Crippen LogP contribution in [0.25, 0.3) is 0 Å². The number of rotatable bonds is 6. The highest BCUT2D eigenvalue weighted by atomic mass is 79.9. The maximum atomic E-state index is 11.2. The van der Waals surface area contributed by atoms with Gasteiger partial charge in [-0.3, -0.25) is 10.1 Å². The number of nitrogens with one attached hydrogen (secondary N) is 1. The minimum Gasteiger partial charge on any atom is -0.480 e. The molecule has 0 fully saturated rings. The summed E-state index contributed by atoms with van der Waals surface area (Å²) in [6, 6.07) is 4.83. The van der Waals surface area contributed by atoms with Crippen molar-refractivity contribution in [3.05, 3.63) is 33.8 Å². The van der Waals surface area contributed by atoms with Gasteiger partial charge in [0.05, 0.1) is 6.61 Å². The Morgan fingerprint density at radius 1 is 1.59 bits per heavy atom. The van der Waals surface area contributed by atoms with Crippen molar-refractivity contribution in [2.45, 2.75) is 13.0 Å². The van der Waals surface area contributed by atoms with Crippen LogP contribution < -0.4 is 5.32 Å². The summed E-state index contributed by atoms with van der Waals surface area (Å²) in [5.41, 5.74) is 1.76. The Balaban J connectivity index is 2.82. The van der Waals surface area contributed by atoms with E-state index in [2.05, 4.69) is 21.2 Å². The van der Waals surface area contributed by atoms with Gasteiger partial charge in [0.1, 0.15) is 6.04 Å². The molecule has 0 aliphatic rings. The van der Waals surface area contributed by atoms with Gasteiger partial charge in [-0.05, 0) is 24.1 Å². The SMILES string of the molecule is COCCNC(C(=O)O)c1ccc(Br)c(C)c1. The molecule has 0 radical (unpaired) electrons. The molecule has 1 rings (SSSR count). The molecule has 94 valence electrons. The third kappa shape index (κ3) is 4.11. The highest BCUT2D eigenvalue weighted by Gasteiger charge is 2.19. The van der Waals surface area contributed by atoms with Crippen molar-refractivity contribution in [3.8, 4) is 0 Å². The highest BCUT2D eigenvalue weighted by molar-refractivity contribution is 9.10. The van der Waals surface area contributed by atoms with Gasteiger partial charge in [-0.2, -0.15) is 0 Å². The molecule has 0 aromatic heterocycles. The summed E-state index contributed by atoms with van der Waals surface area (Å²) in [6.07, 6.45) is 0. The lowest BCUT2D eigenvalue weighted by atomic mass is 10.0. The lowest BCUT2D eigenvalue weighted by Crippen LogP contribution is -2.31. The third-order valence-electron chi connectivity index (χ3n) is 2.42. The topological polar surface area (TPSA) is 58.6 Å². The quantitative estimate of drug-likeness (QED) is 0.790. The maximum Gasteiger partial charge on any atom is 0.325 e. The number of carboxylic acid groups (broad SMARTS) is 1. The molecular weight excluding hydrogens is 286 g/mol. The number of methoxy groups -OCH3 is 1. The summed E-state index contributed by atoms with van der Waals surface area (Å²) < 4.78 is 5.86. The molecule has 0 saturated carbocycles. The van der Waals surface area contributed by atoms with Crippen LogP contribution in [0.15, 0.2) is 22.7 Å². The number of aliphatic carboxylic acids is 1. The largest absolute Gasteiger partial charge is 0.480 e. The molecule has 0 bridgehead atoms. The van der Waals surface area contributed by atoms with Crippen LogP contribution in [0.2, 0.25) is 0 Å². The van der Waals surface area contributed by atoms with Gasteiger partial charge in [-0.1, -0.05) is 28.1 Å². The number of carbonyl (C=O) groups is 1. The fourth-order valence-electron chi connectivity index (χ4n) is 1.50. The van der Waals surface area contributed by atoms with Crippen molar-refractivity contribution in [3.63, 3.8) is 0 Å². The van der Waals surface area contributed by atoms with E-state index in [0.717, 1.165) is 15.6 Å². The second-order valence-electron chi connectivity index (χ2n) is 3.73. The van der Waals surface area contributed by atoms with Crippen molar-refractivity contribution in [1.82, 2.24) is 5.32 Å². The molecule has 0 amide bonds. The molecule has 17 heavy (non-hydrogen) atoms. The van der Waals surface area contributed by atoms with Gasteiger partial charge in [0.2, 0.25) is 0 Å². The van der Waals surface area contributed by atoms with Gasteiger partial charge >= 0.3 is 5.97 Å². The minimum atomic E-state index is -0.886. The van der Waals surface area contributed by atoms with Crippen LogP contribution in [0.3, 0.4) is 0 Å². The summed E-state index contributed by atoms with van der Waals surface area (Å²) >= 11 is 3.39. The number of benzene rings is 1. The summed E-state index contributed by atoms with van der Waals surface area (Å²) in [5, 5.41) is 12.1. The van der Waals surface area contributed by atoms with Crippen molar-refractivity contribution in [2.75, 3.05) is 20.3 Å². The molecule has 0 aliphatic carbocycles. The van der Waals surface area contributed by atoms with Crippen LogP contribution in [-0.2, 0) is 9.53 Å². The predicted molar refractivity (Wildman–Crippen MR) is 69.1 cm³/mol. The van der Waals surface area contributed by atoms with Gasteiger partial charge in [0, 0.05) is 18.1 Å². The number of carboxylic acids is 1. The number of halogens is 1. The Morgan fingerprint density at radius 3 is 2.82 bits per heavy atom. The van der Waals surface area contributed by atoms with Crippen molar-refractivity contribution >= 4 is 21.9 Å². The molecule has 0 spiro atoms. The van der Waals surface area contributed by atoms with E-state index >= 15 is 0 Å². The molecule has 0 saturated heterocycles. The Hall–Kier alpha value is -0.910. The lowest BCUT2D eigenvalue weighted by Gasteiger charge is -2.15. The van der Waals surface area contributed by atoms with Crippen LogP contribution in [-0.4, -0.2) is 31.3 Å². The average molecular weight is 302 g/mol. The van der Waals surface area contributed by atoms with Crippen LogP contribution in [0, 0.1) is 6.92 Å². The Morgan fingerprint density at radius 2 is 2.29 bits per heavy atom. The molecular formula is C12H16BrNO3. The second kappa shape index (κ2) is 6.74. The standard InChI is InChI=1S/C12H16BrNO3/c1-8-7-9(3-4-10(8)13)11(12(15)16)14-5-6-17-2/h3-4,7,11,14H,5-6H2,1-2H3,(H,15,16). The van der Waals surface area contributed by atoms with Crippen LogP contribution in [0.4, 0.5) is 0 Å². The summed E-state index contributed by atoms with van der Waals surface area (Å²) in [6.45, 7) is 2.92. The number of hydrogen-bond acceptors (Lipinski definition) is 3.